The summed E-state index contributed by atoms with van der Waals surface area (Å²) in [5.41, 5.74) is 4.25. The first-order valence-corrected chi connectivity index (χ1v) is 8.98. The molecular formula is C18H22N4OS. The molecule has 24 heavy (non-hydrogen) atoms. The maximum absolute atomic E-state index is 12.7. The molecule has 0 bridgehead atoms. The van der Waals surface area contributed by atoms with Crippen molar-refractivity contribution in [1.82, 2.24) is 14.8 Å². The molecule has 0 radical (unpaired) electrons. The van der Waals surface area contributed by atoms with Crippen molar-refractivity contribution in [3.8, 4) is 0 Å². The third-order valence-electron chi connectivity index (χ3n) is 4.38. The Labute approximate surface area is 145 Å². The highest BCUT2D eigenvalue weighted by Gasteiger charge is 2.19. The standard InChI is InChI=1S/C18H22N4OS/c1-5-22(18-19-15-8-6-7-9-16(15)24-18)17(23)11-10-14-12(2)20-21(4)13(14)3/h6-9H,5,10-11H2,1-4H3. The molecule has 3 aromatic rings. The fourth-order valence-electron chi connectivity index (χ4n) is 2.94. The van der Waals surface area contributed by atoms with E-state index in [1.165, 1.54) is 5.56 Å². The van der Waals surface area contributed by atoms with E-state index in [4.69, 9.17) is 0 Å². The van der Waals surface area contributed by atoms with Crippen molar-refractivity contribution < 1.29 is 4.79 Å². The number of thiazole rings is 1. The smallest absolute Gasteiger partial charge is 0.229 e. The molecule has 0 saturated carbocycles. The van der Waals surface area contributed by atoms with Gasteiger partial charge >= 0.3 is 0 Å². The molecule has 0 N–H and O–H groups in total. The Morgan fingerprint density at radius 1 is 1.29 bits per heavy atom. The van der Waals surface area contributed by atoms with Gasteiger partial charge < -0.3 is 0 Å². The van der Waals surface area contributed by atoms with Gasteiger partial charge in [-0.15, -0.1) is 0 Å². The summed E-state index contributed by atoms with van der Waals surface area (Å²) < 4.78 is 2.98. The molecule has 0 saturated heterocycles. The van der Waals surface area contributed by atoms with Gasteiger partial charge in [0.15, 0.2) is 5.13 Å². The van der Waals surface area contributed by atoms with Gasteiger partial charge in [-0.1, -0.05) is 23.5 Å². The highest BCUT2D eigenvalue weighted by Crippen LogP contribution is 2.29. The first kappa shape index (κ1) is 16.6. The minimum absolute atomic E-state index is 0.110. The molecule has 1 aromatic carbocycles. The number of nitrogens with zero attached hydrogens (tertiary/aromatic N) is 4. The van der Waals surface area contributed by atoms with Crippen LogP contribution in [0, 0.1) is 13.8 Å². The maximum Gasteiger partial charge on any atom is 0.229 e. The van der Waals surface area contributed by atoms with E-state index in [0.29, 0.717) is 19.4 Å². The predicted octanol–water partition coefficient (Wildman–Crippen LogP) is 3.63. The SMILES string of the molecule is CCN(C(=O)CCc1c(C)nn(C)c1C)c1nc2ccccc2s1. The van der Waals surface area contributed by atoms with Crippen LogP contribution < -0.4 is 4.90 Å². The van der Waals surface area contributed by atoms with E-state index in [0.717, 1.165) is 26.7 Å². The number of hydrogen-bond acceptors (Lipinski definition) is 4. The lowest BCUT2D eigenvalue weighted by Crippen LogP contribution is -2.30. The van der Waals surface area contributed by atoms with E-state index in [1.807, 2.05) is 56.8 Å². The molecule has 3 rings (SSSR count). The van der Waals surface area contributed by atoms with Crippen LogP contribution in [0.3, 0.4) is 0 Å². The van der Waals surface area contributed by atoms with Crippen LogP contribution in [0.5, 0.6) is 0 Å². The van der Waals surface area contributed by atoms with Gasteiger partial charge in [0.05, 0.1) is 15.9 Å². The fourth-order valence-corrected chi connectivity index (χ4v) is 3.99. The molecular weight excluding hydrogens is 320 g/mol. The highest BCUT2D eigenvalue weighted by atomic mass is 32.1. The number of amides is 1. The monoisotopic (exact) mass is 342 g/mol. The number of carbonyl (C=O) groups is 1. The van der Waals surface area contributed by atoms with Crippen LogP contribution in [0.15, 0.2) is 24.3 Å². The number of fused-ring (bicyclic) bond motifs is 1. The third-order valence-corrected chi connectivity index (χ3v) is 5.44. The summed E-state index contributed by atoms with van der Waals surface area (Å²) in [6.07, 6.45) is 1.18. The molecule has 0 aliphatic heterocycles. The van der Waals surface area contributed by atoms with Gasteiger partial charge in [0, 0.05) is 25.7 Å². The summed E-state index contributed by atoms with van der Waals surface area (Å²) >= 11 is 1.57. The molecule has 0 unspecified atom stereocenters. The van der Waals surface area contributed by atoms with Crippen LogP contribution in [0.2, 0.25) is 0 Å². The van der Waals surface area contributed by atoms with Crippen molar-refractivity contribution in [3.05, 3.63) is 41.2 Å². The van der Waals surface area contributed by atoms with Crippen LogP contribution >= 0.6 is 11.3 Å². The molecule has 0 fully saturated rings. The second-order valence-electron chi connectivity index (χ2n) is 5.88. The summed E-state index contributed by atoms with van der Waals surface area (Å²) in [7, 11) is 1.94. The second kappa shape index (κ2) is 6.73. The lowest BCUT2D eigenvalue weighted by molar-refractivity contribution is -0.118. The highest BCUT2D eigenvalue weighted by molar-refractivity contribution is 7.22. The fraction of sp³-hybridized carbons (Fsp3) is 0.389. The molecule has 0 aliphatic carbocycles. The van der Waals surface area contributed by atoms with Crippen molar-refractivity contribution in [2.24, 2.45) is 7.05 Å². The average molecular weight is 342 g/mol. The number of hydrogen-bond donors (Lipinski definition) is 0. The lowest BCUT2D eigenvalue weighted by Gasteiger charge is -2.17. The Kier molecular flexibility index (Phi) is 4.66. The molecule has 2 heterocycles. The van der Waals surface area contributed by atoms with Crippen LogP contribution in [0.25, 0.3) is 10.2 Å². The second-order valence-corrected chi connectivity index (χ2v) is 6.88. The number of aromatic nitrogens is 3. The largest absolute Gasteiger partial charge is 0.288 e. The number of carbonyl (C=O) groups excluding carboxylic acids is 1. The quantitative estimate of drug-likeness (QED) is 0.711. The first-order valence-electron chi connectivity index (χ1n) is 8.16. The van der Waals surface area contributed by atoms with E-state index in [2.05, 4.69) is 10.1 Å². The molecule has 6 heteroatoms. The van der Waals surface area contributed by atoms with Gasteiger partial charge in [-0.05, 0) is 44.9 Å². The minimum Gasteiger partial charge on any atom is -0.288 e. The van der Waals surface area contributed by atoms with Gasteiger partial charge in [0.25, 0.3) is 0 Å². The van der Waals surface area contributed by atoms with Crippen LogP contribution in [-0.2, 0) is 18.3 Å². The number of aryl methyl sites for hydroxylation is 2. The summed E-state index contributed by atoms with van der Waals surface area (Å²) in [6.45, 7) is 6.66. The minimum atomic E-state index is 0.110. The number of para-hydroxylation sites is 1. The summed E-state index contributed by atoms with van der Waals surface area (Å²) in [4.78, 5) is 19.1. The molecule has 5 nitrogen and oxygen atoms in total. The van der Waals surface area contributed by atoms with Gasteiger partial charge in [0.1, 0.15) is 0 Å². The van der Waals surface area contributed by atoms with Gasteiger partial charge in [-0.3, -0.25) is 14.4 Å². The Morgan fingerprint density at radius 3 is 2.67 bits per heavy atom. The lowest BCUT2D eigenvalue weighted by atomic mass is 10.1. The van der Waals surface area contributed by atoms with Crippen molar-refractivity contribution in [3.63, 3.8) is 0 Å². The van der Waals surface area contributed by atoms with Crippen molar-refractivity contribution >= 4 is 32.6 Å². The molecule has 0 atom stereocenters. The Balaban J connectivity index is 1.76. The summed E-state index contributed by atoms with van der Waals surface area (Å²) in [6, 6.07) is 7.99. The number of rotatable bonds is 5. The van der Waals surface area contributed by atoms with E-state index < -0.39 is 0 Å². The Bertz CT molecular complexity index is 847. The molecule has 1 amide bonds. The van der Waals surface area contributed by atoms with Gasteiger partial charge in [-0.25, -0.2) is 4.98 Å². The zero-order chi connectivity index (χ0) is 17.3. The molecule has 2 aromatic heterocycles. The molecule has 0 spiro atoms. The van der Waals surface area contributed by atoms with Crippen LogP contribution in [0.4, 0.5) is 5.13 Å². The van der Waals surface area contributed by atoms with Gasteiger partial charge in [0.2, 0.25) is 5.91 Å². The van der Waals surface area contributed by atoms with Crippen LogP contribution in [0.1, 0.15) is 30.3 Å². The Hall–Kier alpha value is -2.21. The van der Waals surface area contributed by atoms with Crippen LogP contribution in [-0.4, -0.2) is 27.2 Å². The van der Waals surface area contributed by atoms with Crippen molar-refractivity contribution in [2.45, 2.75) is 33.6 Å². The average Bonchev–Trinajstić information content (AvgIpc) is 3.08. The normalized spacial score (nSPS) is 11.2. The van der Waals surface area contributed by atoms with E-state index in [-0.39, 0.29) is 5.91 Å². The Morgan fingerprint density at radius 2 is 2.04 bits per heavy atom. The van der Waals surface area contributed by atoms with Crippen molar-refractivity contribution in [2.75, 3.05) is 11.4 Å². The zero-order valence-electron chi connectivity index (χ0n) is 14.5. The van der Waals surface area contributed by atoms with Crippen molar-refractivity contribution in [1.29, 1.82) is 0 Å². The third kappa shape index (κ3) is 3.06. The number of benzene rings is 1. The van der Waals surface area contributed by atoms with E-state index in [1.54, 1.807) is 16.2 Å². The first-order chi connectivity index (χ1) is 11.5. The molecule has 126 valence electrons. The predicted molar refractivity (Wildman–Crippen MR) is 98.7 cm³/mol. The topological polar surface area (TPSA) is 51.0 Å². The zero-order valence-corrected chi connectivity index (χ0v) is 15.4. The molecule has 0 aliphatic rings. The summed E-state index contributed by atoms with van der Waals surface area (Å²) in [5.74, 6) is 0.110. The maximum atomic E-state index is 12.7. The summed E-state index contributed by atoms with van der Waals surface area (Å²) in [5, 5.41) is 5.20. The van der Waals surface area contributed by atoms with E-state index >= 15 is 0 Å². The van der Waals surface area contributed by atoms with E-state index in [9.17, 15) is 4.79 Å². The number of anilines is 1. The van der Waals surface area contributed by atoms with Gasteiger partial charge in [-0.2, -0.15) is 5.10 Å².